The minimum atomic E-state index is -3.40. The number of carbonyl (C=O) groups excluding carboxylic acids is 1. The molecular formula is C23H24N2O3S. The molecule has 0 aliphatic rings. The first kappa shape index (κ1) is 20.7. The zero-order valence-electron chi connectivity index (χ0n) is 16.9. The molecular weight excluding hydrogens is 384 g/mol. The van der Waals surface area contributed by atoms with Crippen LogP contribution < -0.4 is 5.32 Å². The minimum Gasteiger partial charge on any atom is -0.322 e. The number of hydrogen-bond donors (Lipinski definition) is 1. The van der Waals surface area contributed by atoms with E-state index in [1.807, 2.05) is 24.3 Å². The van der Waals surface area contributed by atoms with E-state index in [0.29, 0.717) is 16.8 Å². The Morgan fingerprint density at radius 3 is 2.10 bits per heavy atom. The fourth-order valence-corrected chi connectivity index (χ4v) is 3.79. The molecule has 0 aliphatic carbocycles. The van der Waals surface area contributed by atoms with E-state index in [0.717, 1.165) is 11.9 Å². The van der Waals surface area contributed by atoms with Crippen molar-refractivity contribution in [2.24, 2.45) is 0 Å². The average molecular weight is 409 g/mol. The lowest BCUT2D eigenvalue weighted by atomic mass is 9.87. The van der Waals surface area contributed by atoms with Gasteiger partial charge in [-0.15, -0.1) is 0 Å². The summed E-state index contributed by atoms with van der Waals surface area (Å²) in [6.45, 7) is 6.41. The molecule has 5 nitrogen and oxygen atoms in total. The van der Waals surface area contributed by atoms with Crippen molar-refractivity contribution < 1.29 is 13.2 Å². The number of carbonyl (C=O) groups is 1. The molecule has 1 aromatic heterocycles. The molecule has 1 amide bonds. The number of benzene rings is 2. The van der Waals surface area contributed by atoms with Gasteiger partial charge in [0.2, 0.25) is 0 Å². The second-order valence-electron chi connectivity index (χ2n) is 7.98. The summed E-state index contributed by atoms with van der Waals surface area (Å²) in [5.74, 6) is -0.232. The molecule has 0 bridgehead atoms. The van der Waals surface area contributed by atoms with Crippen molar-refractivity contribution >= 4 is 21.4 Å². The number of nitrogens with zero attached hydrogens (tertiary/aromatic N) is 1. The maximum Gasteiger partial charge on any atom is 0.255 e. The molecule has 0 radical (unpaired) electrons. The third-order valence-electron chi connectivity index (χ3n) is 4.60. The van der Waals surface area contributed by atoms with Gasteiger partial charge >= 0.3 is 0 Å². The van der Waals surface area contributed by atoms with Crippen LogP contribution in [-0.2, 0) is 15.3 Å². The fourth-order valence-electron chi connectivity index (χ4n) is 2.94. The first-order valence-electron chi connectivity index (χ1n) is 9.23. The first-order valence-corrected chi connectivity index (χ1v) is 11.1. The highest BCUT2D eigenvalue weighted by Gasteiger charge is 2.16. The van der Waals surface area contributed by atoms with Gasteiger partial charge in [-0.1, -0.05) is 45.0 Å². The Hall–Kier alpha value is -2.99. The van der Waals surface area contributed by atoms with Crippen molar-refractivity contribution in [1.82, 2.24) is 4.98 Å². The number of anilines is 1. The van der Waals surface area contributed by atoms with Gasteiger partial charge in [0.1, 0.15) is 0 Å². The van der Waals surface area contributed by atoms with Crippen LogP contribution in [0.4, 0.5) is 5.69 Å². The summed E-state index contributed by atoms with van der Waals surface area (Å²) in [5.41, 5.74) is 3.45. The lowest BCUT2D eigenvalue weighted by Gasteiger charge is -2.19. The maximum atomic E-state index is 12.5. The van der Waals surface area contributed by atoms with Crippen LogP contribution in [0.3, 0.4) is 0 Å². The van der Waals surface area contributed by atoms with Crippen LogP contribution in [0.5, 0.6) is 0 Å². The summed E-state index contributed by atoms with van der Waals surface area (Å²) in [6, 6.07) is 17.6. The number of aromatic nitrogens is 1. The molecule has 6 heteroatoms. The van der Waals surface area contributed by atoms with E-state index in [1.54, 1.807) is 36.5 Å². The van der Waals surface area contributed by atoms with Crippen molar-refractivity contribution in [3.8, 4) is 11.3 Å². The van der Waals surface area contributed by atoms with Crippen LogP contribution in [0.15, 0.2) is 71.8 Å². The van der Waals surface area contributed by atoms with E-state index in [4.69, 9.17) is 0 Å². The van der Waals surface area contributed by atoms with E-state index in [-0.39, 0.29) is 16.2 Å². The number of rotatable bonds is 4. The molecule has 0 saturated heterocycles. The summed E-state index contributed by atoms with van der Waals surface area (Å²) in [4.78, 5) is 16.9. The molecule has 0 spiro atoms. The van der Waals surface area contributed by atoms with Crippen LogP contribution in [0.2, 0.25) is 0 Å². The van der Waals surface area contributed by atoms with Crippen molar-refractivity contribution in [3.63, 3.8) is 0 Å². The van der Waals surface area contributed by atoms with Gasteiger partial charge in [0, 0.05) is 29.3 Å². The zero-order chi connectivity index (χ0) is 21.2. The minimum absolute atomic E-state index is 0.0503. The van der Waals surface area contributed by atoms with Crippen LogP contribution in [-0.4, -0.2) is 25.6 Å². The quantitative estimate of drug-likeness (QED) is 0.679. The van der Waals surface area contributed by atoms with Crippen molar-refractivity contribution in [2.45, 2.75) is 31.1 Å². The van der Waals surface area contributed by atoms with Crippen molar-refractivity contribution in [3.05, 3.63) is 78.0 Å². The molecule has 0 atom stereocenters. The predicted octanol–water partition coefficient (Wildman–Crippen LogP) is 4.70. The summed E-state index contributed by atoms with van der Waals surface area (Å²) in [7, 11) is -3.40. The van der Waals surface area contributed by atoms with E-state index < -0.39 is 9.84 Å². The molecule has 1 N–H and O–H groups in total. The topological polar surface area (TPSA) is 76.1 Å². The van der Waals surface area contributed by atoms with Gasteiger partial charge in [-0.25, -0.2) is 8.42 Å². The Balaban J connectivity index is 1.80. The van der Waals surface area contributed by atoms with Crippen molar-refractivity contribution in [1.29, 1.82) is 0 Å². The molecule has 0 fully saturated rings. The zero-order valence-corrected chi connectivity index (χ0v) is 17.7. The van der Waals surface area contributed by atoms with E-state index in [2.05, 4.69) is 31.1 Å². The summed E-state index contributed by atoms with van der Waals surface area (Å²) < 4.78 is 24.0. The van der Waals surface area contributed by atoms with Crippen LogP contribution in [0.25, 0.3) is 11.3 Å². The number of nitrogens with one attached hydrogen (secondary N) is 1. The highest BCUT2D eigenvalue weighted by atomic mass is 32.2. The second kappa shape index (κ2) is 7.79. The van der Waals surface area contributed by atoms with Gasteiger partial charge < -0.3 is 5.32 Å². The van der Waals surface area contributed by atoms with Gasteiger partial charge in [-0.2, -0.15) is 0 Å². The molecule has 1 heterocycles. The Morgan fingerprint density at radius 1 is 0.931 bits per heavy atom. The fraction of sp³-hybridized carbons (Fsp3) is 0.217. The van der Waals surface area contributed by atoms with E-state index >= 15 is 0 Å². The molecule has 2 aromatic carbocycles. The normalized spacial score (nSPS) is 11.9. The van der Waals surface area contributed by atoms with Crippen LogP contribution in [0, 0.1) is 0 Å². The Labute approximate surface area is 171 Å². The molecule has 150 valence electrons. The third-order valence-corrected chi connectivity index (χ3v) is 5.73. The predicted molar refractivity (Wildman–Crippen MR) is 116 cm³/mol. The van der Waals surface area contributed by atoms with Gasteiger partial charge in [0.05, 0.1) is 10.6 Å². The first-order chi connectivity index (χ1) is 13.6. The smallest absolute Gasteiger partial charge is 0.255 e. The van der Waals surface area contributed by atoms with E-state index in [1.165, 1.54) is 11.6 Å². The SMILES string of the molecule is CC(C)(C)c1ccc(NC(=O)c2ccc(-c3ncccc3S(C)(=O)=O)cc2)cc1. The van der Waals surface area contributed by atoms with Gasteiger partial charge in [0.15, 0.2) is 9.84 Å². The molecule has 3 aromatic rings. The van der Waals surface area contributed by atoms with Gasteiger partial charge in [-0.05, 0) is 47.4 Å². The number of hydrogen-bond acceptors (Lipinski definition) is 4. The van der Waals surface area contributed by atoms with Gasteiger partial charge in [0.25, 0.3) is 5.91 Å². The lowest BCUT2D eigenvalue weighted by molar-refractivity contribution is 0.102. The Kier molecular flexibility index (Phi) is 5.57. The number of amides is 1. The van der Waals surface area contributed by atoms with Crippen LogP contribution >= 0.6 is 0 Å². The molecule has 0 unspecified atom stereocenters. The Morgan fingerprint density at radius 2 is 1.55 bits per heavy atom. The molecule has 3 rings (SSSR count). The average Bonchev–Trinajstić information content (AvgIpc) is 2.67. The van der Waals surface area contributed by atoms with E-state index in [9.17, 15) is 13.2 Å². The Bertz CT molecular complexity index is 1130. The molecule has 0 aliphatic heterocycles. The third kappa shape index (κ3) is 4.90. The highest BCUT2D eigenvalue weighted by molar-refractivity contribution is 7.90. The number of sulfone groups is 1. The highest BCUT2D eigenvalue weighted by Crippen LogP contribution is 2.26. The largest absolute Gasteiger partial charge is 0.322 e. The number of pyridine rings is 1. The second-order valence-corrected chi connectivity index (χ2v) is 9.97. The summed E-state index contributed by atoms with van der Waals surface area (Å²) in [6.07, 6.45) is 2.70. The van der Waals surface area contributed by atoms with Crippen LogP contribution in [0.1, 0.15) is 36.7 Å². The molecule has 0 saturated carbocycles. The summed E-state index contributed by atoms with van der Waals surface area (Å²) >= 11 is 0. The molecule has 29 heavy (non-hydrogen) atoms. The lowest BCUT2D eigenvalue weighted by Crippen LogP contribution is -2.13. The standard InChI is InChI=1S/C23H24N2O3S/c1-23(2,3)18-11-13-19(14-12-18)25-22(26)17-9-7-16(8-10-17)21-20(29(4,27)28)6-5-15-24-21/h5-15H,1-4H3,(H,25,26). The van der Waals surface area contributed by atoms with Crippen molar-refractivity contribution in [2.75, 3.05) is 11.6 Å². The summed E-state index contributed by atoms with van der Waals surface area (Å²) in [5, 5.41) is 2.88. The maximum absolute atomic E-state index is 12.5. The monoisotopic (exact) mass is 408 g/mol. The van der Waals surface area contributed by atoms with Gasteiger partial charge in [-0.3, -0.25) is 9.78 Å².